The predicted octanol–water partition coefficient (Wildman–Crippen LogP) is 0.478. The first-order chi connectivity index (χ1) is 10.9. The zero-order valence-electron chi connectivity index (χ0n) is 16.1. The molecule has 0 rings (SSSR count). The van der Waals surface area contributed by atoms with Crippen molar-refractivity contribution in [2.24, 2.45) is 4.99 Å². The number of likely N-dealkylation sites (N-methyl/N-ethyl adjacent to an activating group) is 1. The van der Waals surface area contributed by atoms with Gasteiger partial charge < -0.3 is 20.3 Å². The van der Waals surface area contributed by atoms with Crippen LogP contribution in [0.15, 0.2) is 4.99 Å². The predicted molar refractivity (Wildman–Crippen MR) is 112 cm³/mol. The number of sulfone groups is 1. The first-order valence-electron chi connectivity index (χ1n) is 8.00. The first kappa shape index (κ1) is 26.6. The van der Waals surface area contributed by atoms with Crippen molar-refractivity contribution >= 4 is 45.7 Å². The molecule has 0 spiro atoms. The Kier molecular flexibility index (Phi) is 13.5. The van der Waals surface area contributed by atoms with Gasteiger partial charge in [0.15, 0.2) is 5.96 Å². The van der Waals surface area contributed by atoms with Crippen molar-refractivity contribution in [3.05, 3.63) is 0 Å². The minimum atomic E-state index is -3.00. The standard InChI is InChI=1S/C15H32N4O4S.HI/c1-7-16-14(17-8-9-23-10-11-24(6,21)22)19(5)12-13(20)18-15(2,3)4;/h7-12H2,1-6H3,(H,16,17)(H,18,20);1H. The normalized spacial score (nSPS) is 12.3. The summed E-state index contributed by atoms with van der Waals surface area (Å²) in [5.74, 6) is 0.525. The number of carbonyl (C=O) groups excluding carboxylic acids is 1. The van der Waals surface area contributed by atoms with E-state index in [0.29, 0.717) is 25.7 Å². The van der Waals surface area contributed by atoms with Gasteiger partial charge in [-0.15, -0.1) is 24.0 Å². The van der Waals surface area contributed by atoms with Crippen LogP contribution in [0.5, 0.6) is 0 Å². The maximum Gasteiger partial charge on any atom is 0.240 e. The van der Waals surface area contributed by atoms with E-state index in [-0.39, 0.29) is 54.3 Å². The van der Waals surface area contributed by atoms with Gasteiger partial charge in [0.1, 0.15) is 9.84 Å². The fourth-order valence-electron chi connectivity index (χ4n) is 1.75. The summed E-state index contributed by atoms with van der Waals surface area (Å²) in [6.45, 7) is 9.48. The summed E-state index contributed by atoms with van der Waals surface area (Å²) >= 11 is 0. The van der Waals surface area contributed by atoms with Crippen LogP contribution in [-0.2, 0) is 19.4 Å². The van der Waals surface area contributed by atoms with Gasteiger partial charge in [-0.2, -0.15) is 0 Å². The third-order valence-corrected chi connectivity index (χ3v) is 3.60. The lowest BCUT2D eigenvalue weighted by atomic mass is 10.1. The van der Waals surface area contributed by atoms with Crippen LogP contribution in [-0.4, -0.2) is 82.6 Å². The minimum absolute atomic E-state index is 0. The molecule has 0 aromatic rings. The monoisotopic (exact) mass is 492 g/mol. The smallest absolute Gasteiger partial charge is 0.240 e. The molecular weight excluding hydrogens is 459 g/mol. The molecule has 0 saturated carbocycles. The van der Waals surface area contributed by atoms with Gasteiger partial charge in [0.25, 0.3) is 0 Å². The molecule has 0 aromatic carbocycles. The van der Waals surface area contributed by atoms with Crippen LogP contribution in [0, 0.1) is 0 Å². The number of hydrogen-bond acceptors (Lipinski definition) is 5. The summed E-state index contributed by atoms with van der Waals surface area (Å²) < 4.78 is 27.2. The molecule has 0 radical (unpaired) electrons. The molecule has 0 aliphatic carbocycles. The molecular formula is C15H33IN4O4S. The molecule has 2 N–H and O–H groups in total. The molecule has 150 valence electrons. The number of rotatable bonds is 9. The van der Waals surface area contributed by atoms with Crippen LogP contribution in [0.3, 0.4) is 0 Å². The molecule has 0 aromatic heterocycles. The zero-order valence-corrected chi connectivity index (χ0v) is 19.2. The van der Waals surface area contributed by atoms with Crippen molar-refractivity contribution in [2.75, 3.05) is 51.9 Å². The van der Waals surface area contributed by atoms with E-state index >= 15 is 0 Å². The number of hydrogen-bond donors (Lipinski definition) is 2. The van der Waals surface area contributed by atoms with Crippen molar-refractivity contribution in [2.45, 2.75) is 33.2 Å². The third-order valence-electron chi connectivity index (χ3n) is 2.69. The summed E-state index contributed by atoms with van der Waals surface area (Å²) in [5, 5.41) is 6.01. The summed E-state index contributed by atoms with van der Waals surface area (Å²) in [4.78, 5) is 18.1. The number of carbonyl (C=O) groups is 1. The van der Waals surface area contributed by atoms with Crippen LogP contribution >= 0.6 is 24.0 Å². The Balaban J connectivity index is 0. The molecule has 25 heavy (non-hydrogen) atoms. The Hall–Kier alpha value is -0.620. The Morgan fingerprint density at radius 1 is 1.24 bits per heavy atom. The highest BCUT2D eigenvalue weighted by molar-refractivity contribution is 14.0. The van der Waals surface area contributed by atoms with E-state index in [2.05, 4.69) is 15.6 Å². The van der Waals surface area contributed by atoms with Crippen molar-refractivity contribution in [1.82, 2.24) is 15.5 Å². The second kappa shape index (κ2) is 12.7. The van der Waals surface area contributed by atoms with E-state index in [1.54, 1.807) is 11.9 Å². The third kappa shape index (κ3) is 16.6. The van der Waals surface area contributed by atoms with Crippen LogP contribution in [0.2, 0.25) is 0 Å². The lowest BCUT2D eigenvalue weighted by Gasteiger charge is -2.25. The number of nitrogens with zero attached hydrogens (tertiary/aromatic N) is 2. The Bertz CT molecular complexity index is 518. The Labute approximate surface area is 169 Å². The molecule has 0 atom stereocenters. The molecule has 0 fully saturated rings. The van der Waals surface area contributed by atoms with Gasteiger partial charge in [-0.05, 0) is 27.7 Å². The highest BCUT2D eigenvalue weighted by atomic mass is 127. The van der Waals surface area contributed by atoms with Crippen molar-refractivity contribution in [1.29, 1.82) is 0 Å². The number of aliphatic imine (C=N–C) groups is 1. The zero-order chi connectivity index (χ0) is 18.8. The number of ether oxygens (including phenoxy) is 1. The molecule has 0 saturated heterocycles. The van der Waals surface area contributed by atoms with Gasteiger partial charge in [-0.25, -0.2) is 8.42 Å². The molecule has 0 bridgehead atoms. The van der Waals surface area contributed by atoms with Gasteiger partial charge in [0.05, 0.1) is 32.1 Å². The van der Waals surface area contributed by atoms with E-state index in [0.717, 1.165) is 0 Å². The second-order valence-electron chi connectivity index (χ2n) is 6.63. The van der Waals surface area contributed by atoms with Crippen molar-refractivity contribution < 1.29 is 17.9 Å². The average molecular weight is 492 g/mol. The molecule has 0 heterocycles. The van der Waals surface area contributed by atoms with Gasteiger partial charge in [0.2, 0.25) is 5.91 Å². The average Bonchev–Trinajstić information content (AvgIpc) is 2.37. The minimum Gasteiger partial charge on any atom is -0.378 e. The Morgan fingerprint density at radius 3 is 2.32 bits per heavy atom. The van der Waals surface area contributed by atoms with Crippen LogP contribution in [0.1, 0.15) is 27.7 Å². The first-order valence-corrected chi connectivity index (χ1v) is 10.1. The lowest BCUT2D eigenvalue weighted by molar-refractivity contribution is -0.122. The Morgan fingerprint density at radius 2 is 1.84 bits per heavy atom. The van der Waals surface area contributed by atoms with Gasteiger partial charge >= 0.3 is 0 Å². The highest BCUT2D eigenvalue weighted by Crippen LogP contribution is 1.98. The fraction of sp³-hybridized carbons (Fsp3) is 0.867. The van der Waals surface area contributed by atoms with E-state index in [9.17, 15) is 13.2 Å². The summed E-state index contributed by atoms with van der Waals surface area (Å²) in [7, 11) is -1.22. The van der Waals surface area contributed by atoms with Gasteiger partial charge in [-0.3, -0.25) is 9.79 Å². The number of halogens is 1. The van der Waals surface area contributed by atoms with Crippen molar-refractivity contribution in [3.8, 4) is 0 Å². The quantitative estimate of drug-likeness (QED) is 0.210. The van der Waals surface area contributed by atoms with E-state index in [1.165, 1.54) is 6.26 Å². The van der Waals surface area contributed by atoms with Crippen LogP contribution < -0.4 is 10.6 Å². The molecule has 8 nitrogen and oxygen atoms in total. The number of amides is 1. The summed E-state index contributed by atoms with van der Waals surface area (Å²) in [6, 6.07) is 0. The molecule has 10 heteroatoms. The van der Waals surface area contributed by atoms with Crippen LogP contribution in [0.25, 0.3) is 0 Å². The highest BCUT2D eigenvalue weighted by Gasteiger charge is 2.16. The number of nitrogens with one attached hydrogen (secondary N) is 2. The topological polar surface area (TPSA) is 100 Å². The van der Waals surface area contributed by atoms with E-state index in [1.807, 2.05) is 27.7 Å². The van der Waals surface area contributed by atoms with E-state index in [4.69, 9.17) is 4.74 Å². The van der Waals surface area contributed by atoms with E-state index < -0.39 is 9.84 Å². The molecule has 1 amide bonds. The number of guanidine groups is 1. The van der Waals surface area contributed by atoms with Gasteiger partial charge in [-0.1, -0.05) is 0 Å². The fourth-order valence-corrected chi connectivity index (χ4v) is 2.17. The maximum absolute atomic E-state index is 12.0. The molecule has 0 aliphatic heterocycles. The molecule has 0 unspecified atom stereocenters. The largest absolute Gasteiger partial charge is 0.378 e. The van der Waals surface area contributed by atoms with Crippen LogP contribution in [0.4, 0.5) is 0 Å². The molecule has 0 aliphatic rings. The maximum atomic E-state index is 12.0. The lowest BCUT2D eigenvalue weighted by Crippen LogP contribution is -2.48. The summed E-state index contributed by atoms with van der Waals surface area (Å²) in [5.41, 5.74) is -0.277. The SMILES string of the molecule is CCNC(=NCCOCCS(C)(=O)=O)N(C)CC(=O)NC(C)(C)C.I. The van der Waals surface area contributed by atoms with Gasteiger partial charge in [0, 0.05) is 25.4 Å². The summed E-state index contributed by atoms with van der Waals surface area (Å²) in [6.07, 6.45) is 1.18. The van der Waals surface area contributed by atoms with Crippen molar-refractivity contribution in [3.63, 3.8) is 0 Å². The second-order valence-corrected chi connectivity index (χ2v) is 8.89.